The Hall–Kier alpha value is -2.69. The third-order valence-corrected chi connectivity index (χ3v) is 8.47. The predicted octanol–water partition coefficient (Wildman–Crippen LogP) is 3.65. The molecule has 3 rings (SSSR count). The van der Waals surface area contributed by atoms with E-state index in [-0.39, 0.29) is 17.0 Å². The zero-order valence-electron chi connectivity index (χ0n) is 21.8. The number of hydrogen-bond acceptors (Lipinski definition) is 6. The minimum atomic E-state index is -3.57. The summed E-state index contributed by atoms with van der Waals surface area (Å²) in [7, 11) is -2.01. The monoisotopic (exact) mass is 517 g/mol. The molecule has 0 saturated carbocycles. The number of amides is 2. The lowest BCUT2D eigenvalue weighted by molar-refractivity contribution is 0.162. The van der Waals surface area contributed by atoms with Crippen molar-refractivity contribution in [3.8, 4) is 5.75 Å². The largest absolute Gasteiger partial charge is 0.497 e. The molecular weight excluding hydrogens is 478 g/mol. The number of methoxy groups -OCH3 is 1. The standard InChI is InChI=1S/C26H39N5O4S/c1-5-7-21-19-22(18-20(3)28-21)29-26(32)27-14-17-30-15-12-23(13-16-30)31(6-2)36(33,34)25-10-8-24(35-4)9-11-25/h8-11,18-19,23H,5-7,12-17H2,1-4H3,(H2,27,28,29,32). The quantitative estimate of drug-likeness (QED) is 0.472. The predicted molar refractivity (Wildman–Crippen MR) is 142 cm³/mol. The number of likely N-dealkylation sites (tertiary alicyclic amines) is 1. The number of anilines is 1. The zero-order valence-corrected chi connectivity index (χ0v) is 22.6. The average molecular weight is 518 g/mol. The van der Waals surface area contributed by atoms with Crippen LogP contribution >= 0.6 is 0 Å². The van der Waals surface area contributed by atoms with Crippen molar-refractivity contribution in [2.75, 3.05) is 45.2 Å². The molecule has 0 radical (unpaired) electrons. The summed E-state index contributed by atoms with van der Waals surface area (Å²) in [6.07, 6.45) is 3.39. The van der Waals surface area contributed by atoms with Gasteiger partial charge in [0.1, 0.15) is 5.75 Å². The van der Waals surface area contributed by atoms with Gasteiger partial charge in [-0.3, -0.25) is 4.98 Å². The second kappa shape index (κ2) is 13.0. The Kier molecular flexibility index (Phi) is 10.1. The molecule has 36 heavy (non-hydrogen) atoms. The van der Waals surface area contributed by atoms with Crippen LogP contribution in [0.25, 0.3) is 0 Å². The number of ether oxygens (including phenoxy) is 1. The molecule has 0 bridgehead atoms. The average Bonchev–Trinajstić information content (AvgIpc) is 2.85. The fourth-order valence-electron chi connectivity index (χ4n) is 4.63. The van der Waals surface area contributed by atoms with Gasteiger partial charge in [0.2, 0.25) is 10.0 Å². The molecule has 2 heterocycles. The molecule has 0 unspecified atom stereocenters. The molecule has 9 nitrogen and oxygen atoms in total. The molecule has 10 heteroatoms. The van der Waals surface area contributed by atoms with Gasteiger partial charge in [-0.05, 0) is 75.7 Å². The molecule has 0 spiro atoms. The lowest BCUT2D eigenvalue weighted by Gasteiger charge is -2.37. The van der Waals surface area contributed by atoms with Gasteiger partial charge >= 0.3 is 6.03 Å². The van der Waals surface area contributed by atoms with E-state index in [2.05, 4.69) is 27.4 Å². The van der Waals surface area contributed by atoms with Crippen LogP contribution in [0.15, 0.2) is 41.3 Å². The van der Waals surface area contributed by atoms with Gasteiger partial charge in [-0.15, -0.1) is 0 Å². The van der Waals surface area contributed by atoms with Gasteiger partial charge in [0.05, 0.1) is 12.0 Å². The maximum atomic E-state index is 13.2. The molecule has 1 aromatic heterocycles. The number of nitrogens with zero attached hydrogens (tertiary/aromatic N) is 3. The first-order valence-electron chi connectivity index (χ1n) is 12.7. The first kappa shape index (κ1) is 27.9. The molecular formula is C26H39N5O4S. The first-order chi connectivity index (χ1) is 17.3. The van der Waals surface area contributed by atoms with Gasteiger partial charge in [-0.1, -0.05) is 20.3 Å². The molecule has 198 valence electrons. The topological polar surface area (TPSA) is 104 Å². The van der Waals surface area contributed by atoms with Crippen LogP contribution in [0.2, 0.25) is 0 Å². The summed E-state index contributed by atoms with van der Waals surface area (Å²) in [6.45, 7) is 9.14. The molecule has 0 aliphatic carbocycles. The maximum absolute atomic E-state index is 13.2. The van der Waals surface area contributed by atoms with Crippen LogP contribution in [0, 0.1) is 6.92 Å². The summed E-state index contributed by atoms with van der Waals surface area (Å²) in [5.74, 6) is 0.629. The lowest BCUT2D eigenvalue weighted by Crippen LogP contribution is -2.48. The van der Waals surface area contributed by atoms with E-state index in [0.29, 0.717) is 25.4 Å². The van der Waals surface area contributed by atoms with E-state index in [4.69, 9.17) is 4.74 Å². The number of hydrogen-bond donors (Lipinski definition) is 2. The van der Waals surface area contributed by atoms with Crippen molar-refractivity contribution in [3.63, 3.8) is 0 Å². The number of benzene rings is 1. The van der Waals surface area contributed by atoms with Crippen LogP contribution in [0.1, 0.15) is 44.5 Å². The Labute approximate surface area is 215 Å². The normalized spacial score (nSPS) is 15.1. The fourth-order valence-corrected chi connectivity index (χ4v) is 6.33. The van der Waals surface area contributed by atoms with Crippen molar-refractivity contribution in [2.45, 2.75) is 57.4 Å². The van der Waals surface area contributed by atoms with E-state index in [1.165, 1.54) is 0 Å². The Morgan fingerprint density at radius 3 is 2.47 bits per heavy atom. The minimum Gasteiger partial charge on any atom is -0.497 e. The van der Waals surface area contributed by atoms with Crippen LogP contribution in [-0.4, -0.2) is 74.5 Å². The smallest absolute Gasteiger partial charge is 0.319 e. The van der Waals surface area contributed by atoms with Crippen molar-refractivity contribution < 1.29 is 17.9 Å². The number of nitrogens with one attached hydrogen (secondary N) is 2. The molecule has 1 aliphatic rings. The van der Waals surface area contributed by atoms with Gasteiger partial charge < -0.3 is 20.3 Å². The fraction of sp³-hybridized carbons (Fsp3) is 0.538. The number of carbonyl (C=O) groups is 1. The summed E-state index contributed by atoms with van der Waals surface area (Å²) in [4.78, 5) is 19.4. The van der Waals surface area contributed by atoms with E-state index >= 15 is 0 Å². The van der Waals surface area contributed by atoms with E-state index in [9.17, 15) is 13.2 Å². The van der Waals surface area contributed by atoms with Gasteiger partial charge in [0.25, 0.3) is 0 Å². The van der Waals surface area contributed by atoms with Crippen molar-refractivity contribution in [2.24, 2.45) is 0 Å². The number of piperidine rings is 1. The highest BCUT2D eigenvalue weighted by molar-refractivity contribution is 7.89. The van der Waals surface area contributed by atoms with Crippen molar-refractivity contribution >= 4 is 21.7 Å². The van der Waals surface area contributed by atoms with Gasteiger partial charge in [-0.2, -0.15) is 4.31 Å². The number of sulfonamides is 1. The molecule has 1 saturated heterocycles. The highest BCUT2D eigenvalue weighted by atomic mass is 32.2. The van der Waals surface area contributed by atoms with E-state index in [1.54, 1.807) is 35.7 Å². The van der Waals surface area contributed by atoms with Crippen molar-refractivity contribution in [1.29, 1.82) is 0 Å². The van der Waals surface area contributed by atoms with Crippen LogP contribution in [0.4, 0.5) is 10.5 Å². The van der Waals surface area contributed by atoms with Gasteiger partial charge in [-0.25, -0.2) is 13.2 Å². The first-order valence-corrected chi connectivity index (χ1v) is 14.1. The third-order valence-electron chi connectivity index (χ3n) is 6.43. The van der Waals surface area contributed by atoms with Crippen LogP contribution in [-0.2, 0) is 16.4 Å². The Bertz CT molecular complexity index is 1100. The number of rotatable bonds is 11. The van der Waals surface area contributed by atoms with Gasteiger partial charge in [0, 0.05) is 42.8 Å². The summed E-state index contributed by atoms with van der Waals surface area (Å²) in [6, 6.07) is 10.0. The van der Waals surface area contributed by atoms with E-state index in [1.807, 2.05) is 26.0 Å². The number of aromatic nitrogens is 1. The Morgan fingerprint density at radius 1 is 1.17 bits per heavy atom. The summed E-state index contributed by atoms with van der Waals surface area (Å²) in [5, 5.41) is 5.82. The second-order valence-electron chi connectivity index (χ2n) is 9.08. The van der Waals surface area contributed by atoms with E-state index < -0.39 is 10.0 Å². The molecule has 1 fully saturated rings. The summed E-state index contributed by atoms with van der Waals surface area (Å²) < 4.78 is 33.2. The summed E-state index contributed by atoms with van der Waals surface area (Å²) >= 11 is 0. The molecule has 0 atom stereocenters. The highest BCUT2D eigenvalue weighted by Gasteiger charge is 2.32. The number of carbonyl (C=O) groups excluding carboxylic acids is 1. The minimum absolute atomic E-state index is 0.0399. The van der Waals surface area contributed by atoms with Crippen LogP contribution < -0.4 is 15.4 Å². The Balaban J connectivity index is 1.46. The lowest BCUT2D eigenvalue weighted by atomic mass is 10.1. The van der Waals surface area contributed by atoms with Crippen LogP contribution in [0.3, 0.4) is 0 Å². The highest BCUT2D eigenvalue weighted by Crippen LogP contribution is 2.25. The number of urea groups is 1. The number of pyridine rings is 1. The maximum Gasteiger partial charge on any atom is 0.319 e. The van der Waals surface area contributed by atoms with Crippen molar-refractivity contribution in [3.05, 3.63) is 47.8 Å². The summed E-state index contributed by atoms with van der Waals surface area (Å²) in [5.41, 5.74) is 2.61. The molecule has 2 aromatic rings. The second-order valence-corrected chi connectivity index (χ2v) is 11.0. The molecule has 2 amide bonds. The SMILES string of the molecule is CCCc1cc(NC(=O)NCCN2CCC(N(CC)S(=O)(=O)c3ccc(OC)cc3)CC2)cc(C)n1. The van der Waals surface area contributed by atoms with E-state index in [0.717, 1.165) is 55.8 Å². The molecule has 2 N–H and O–H groups in total. The van der Waals surface area contributed by atoms with Crippen LogP contribution in [0.5, 0.6) is 5.75 Å². The molecule has 1 aromatic carbocycles. The molecule has 1 aliphatic heterocycles. The number of aryl methyl sites for hydroxylation is 2. The Morgan fingerprint density at radius 2 is 1.86 bits per heavy atom. The zero-order chi connectivity index (χ0) is 26.1. The third kappa shape index (κ3) is 7.41. The van der Waals surface area contributed by atoms with Crippen molar-refractivity contribution in [1.82, 2.24) is 19.5 Å². The van der Waals surface area contributed by atoms with Gasteiger partial charge in [0.15, 0.2) is 0 Å².